The molecule has 0 radical (unpaired) electrons. The quantitative estimate of drug-likeness (QED) is 0.485. The maximum absolute atomic E-state index is 13.1. The maximum Gasteiger partial charge on any atom is 0.416 e. The van der Waals surface area contributed by atoms with Gasteiger partial charge in [0.05, 0.1) is 6.54 Å². The van der Waals surface area contributed by atoms with E-state index in [0.717, 1.165) is 0 Å². The van der Waals surface area contributed by atoms with Crippen LogP contribution in [0.3, 0.4) is 0 Å². The molecular weight excluding hydrogens is 407 g/mol. The molecule has 4 rings (SSSR count). The Balaban J connectivity index is 2.05. The Labute approximate surface area is 167 Å². The van der Waals surface area contributed by atoms with E-state index in [1.807, 2.05) is 0 Å². The van der Waals surface area contributed by atoms with Crippen LogP contribution in [0.2, 0.25) is 0 Å². The van der Waals surface area contributed by atoms with Gasteiger partial charge in [0, 0.05) is 57.4 Å². The largest absolute Gasteiger partial charge is 0.416 e. The van der Waals surface area contributed by atoms with E-state index in [9.17, 15) is 23.1 Å². The molecule has 0 aliphatic carbocycles. The number of hydrogen-bond donors (Lipinski definition) is 2. The number of fused-ring (bicyclic) bond motifs is 3. The average Bonchev–Trinajstić information content (AvgIpc) is 3.05. The summed E-state index contributed by atoms with van der Waals surface area (Å²) in [5.41, 5.74) is 2.43. The lowest BCUT2D eigenvalue weighted by Crippen LogP contribution is -2.32. The number of nitrogens with one attached hydrogen (secondary N) is 1. The van der Waals surface area contributed by atoms with E-state index >= 15 is 0 Å². The standard InChI is InChI=1S/C20H15ClF3N3O2/c21-9-12-7-18(29)26-14-1-2-15-13(19(12)14)8-16(11-3-5-25-6-4-11)27(15)10-17(28)20(22,23)24/h1-8,17,28H,9-10H2,(H,26,29). The molecule has 3 heterocycles. The molecule has 150 valence electrons. The molecule has 29 heavy (non-hydrogen) atoms. The summed E-state index contributed by atoms with van der Waals surface area (Å²) in [5, 5.41) is 11.0. The van der Waals surface area contributed by atoms with Crippen molar-refractivity contribution in [1.82, 2.24) is 14.5 Å². The van der Waals surface area contributed by atoms with Crippen LogP contribution in [-0.4, -0.2) is 31.9 Å². The number of halogens is 4. The van der Waals surface area contributed by atoms with Gasteiger partial charge in [-0.2, -0.15) is 13.2 Å². The molecule has 1 unspecified atom stereocenters. The number of alkyl halides is 4. The Morgan fingerprint density at radius 3 is 2.55 bits per heavy atom. The highest BCUT2D eigenvalue weighted by molar-refractivity contribution is 6.19. The van der Waals surface area contributed by atoms with E-state index in [0.29, 0.717) is 38.6 Å². The molecule has 9 heteroatoms. The van der Waals surface area contributed by atoms with Gasteiger partial charge in [-0.25, -0.2) is 0 Å². The summed E-state index contributed by atoms with van der Waals surface area (Å²) in [5.74, 6) is 0.0699. The normalized spacial score (nSPS) is 13.3. The van der Waals surface area contributed by atoms with Gasteiger partial charge in [-0.05, 0) is 35.9 Å². The molecule has 0 saturated heterocycles. The van der Waals surface area contributed by atoms with Gasteiger partial charge in [0.25, 0.3) is 0 Å². The summed E-state index contributed by atoms with van der Waals surface area (Å²) in [6.45, 7) is -0.671. The number of nitrogens with zero attached hydrogens (tertiary/aromatic N) is 2. The van der Waals surface area contributed by atoms with Crippen LogP contribution in [0.4, 0.5) is 13.2 Å². The second kappa shape index (κ2) is 7.20. The third-order valence-electron chi connectivity index (χ3n) is 4.82. The Morgan fingerprint density at radius 2 is 1.90 bits per heavy atom. The zero-order chi connectivity index (χ0) is 20.8. The van der Waals surface area contributed by atoms with Gasteiger partial charge in [0.2, 0.25) is 5.56 Å². The first-order valence-corrected chi connectivity index (χ1v) is 9.22. The molecule has 0 aliphatic rings. The van der Waals surface area contributed by atoms with Crippen molar-refractivity contribution in [2.45, 2.75) is 24.7 Å². The highest BCUT2D eigenvalue weighted by Crippen LogP contribution is 2.35. The molecule has 0 amide bonds. The van der Waals surface area contributed by atoms with Crippen molar-refractivity contribution in [3.63, 3.8) is 0 Å². The molecule has 5 nitrogen and oxygen atoms in total. The smallest absolute Gasteiger partial charge is 0.382 e. The van der Waals surface area contributed by atoms with E-state index in [2.05, 4.69) is 9.97 Å². The minimum absolute atomic E-state index is 0.0699. The lowest BCUT2D eigenvalue weighted by Gasteiger charge is -2.18. The number of pyridine rings is 2. The average molecular weight is 422 g/mol. The van der Waals surface area contributed by atoms with Crippen LogP contribution in [0.25, 0.3) is 33.1 Å². The summed E-state index contributed by atoms with van der Waals surface area (Å²) < 4.78 is 40.6. The number of aromatic nitrogens is 3. The SMILES string of the molecule is O=c1cc(CCl)c2c(ccc3c2cc(-c2ccncc2)n3CC(O)C(F)(F)F)[nH]1. The molecule has 2 N–H and O–H groups in total. The summed E-state index contributed by atoms with van der Waals surface area (Å²) in [6.07, 6.45) is -4.21. The topological polar surface area (TPSA) is 70.9 Å². The van der Waals surface area contributed by atoms with Crippen molar-refractivity contribution in [3.8, 4) is 11.3 Å². The van der Waals surface area contributed by atoms with Crippen LogP contribution >= 0.6 is 11.6 Å². The second-order valence-electron chi connectivity index (χ2n) is 6.65. The fourth-order valence-corrected chi connectivity index (χ4v) is 3.73. The third-order valence-corrected chi connectivity index (χ3v) is 5.11. The van der Waals surface area contributed by atoms with Gasteiger partial charge in [0.15, 0.2) is 6.10 Å². The van der Waals surface area contributed by atoms with Crippen LogP contribution in [0.5, 0.6) is 0 Å². The van der Waals surface area contributed by atoms with E-state index in [4.69, 9.17) is 11.6 Å². The van der Waals surface area contributed by atoms with Crippen molar-refractivity contribution in [2.75, 3.05) is 0 Å². The molecule has 0 bridgehead atoms. The fraction of sp³-hybridized carbons (Fsp3) is 0.200. The van der Waals surface area contributed by atoms with Crippen molar-refractivity contribution in [1.29, 1.82) is 0 Å². The second-order valence-corrected chi connectivity index (χ2v) is 6.91. The molecule has 1 aromatic carbocycles. The first kappa shape index (κ1) is 19.5. The predicted molar refractivity (Wildman–Crippen MR) is 105 cm³/mol. The number of H-pyrrole nitrogens is 1. The number of rotatable bonds is 4. The highest BCUT2D eigenvalue weighted by atomic mass is 35.5. The lowest BCUT2D eigenvalue weighted by atomic mass is 10.1. The van der Waals surface area contributed by atoms with Gasteiger partial charge < -0.3 is 14.7 Å². The first-order valence-electron chi connectivity index (χ1n) is 8.69. The number of hydrogen-bond acceptors (Lipinski definition) is 3. The van der Waals surface area contributed by atoms with Crippen LogP contribution in [0, 0.1) is 0 Å². The van der Waals surface area contributed by atoms with Crippen molar-refractivity contribution < 1.29 is 18.3 Å². The highest BCUT2D eigenvalue weighted by Gasteiger charge is 2.39. The fourth-order valence-electron chi connectivity index (χ4n) is 3.52. The van der Waals surface area contributed by atoms with Crippen LogP contribution in [0.1, 0.15) is 5.56 Å². The minimum Gasteiger partial charge on any atom is -0.382 e. The Hall–Kier alpha value is -2.84. The molecular formula is C20H15ClF3N3O2. The Morgan fingerprint density at radius 1 is 1.17 bits per heavy atom. The molecule has 0 fully saturated rings. The van der Waals surface area contributed by atoms with Gasteiger partial charge in [-0.3, -0.25) is 9.78 Å². The first-order chi connectivity index (χ1) is 13.8. The van der Waals surface area contributed by atoms with E-state index in [-0.39, 0.29) is 11.4 Å². The number of benzene rings is 1. The number of aromatic amines is 1. The van der Waals surface area contributed by atoms with Crippen molar-refractivity contribution in [2.24, 2.45) is 0 Å². The van der Waals surface area contributed by atoms with Gasteiger partial charge >= 0.3 is 6.18 Å². The third kappa shape index (κ3) is 3.49. The van der Waals surface area contributed by atoms with Crippen LogP contribution in [-0.2, 0) is 12.4 Å². The summed E-state index contributed by atoms with van der Waals surface area (Å²) in [6, 6.07) is 9.73. The summed E-state index contributed by atoms with van der Waals surface area (Å²) in [7, 11) is 0. The minimum atomic E-state index is -4.75. The molecule has 3 aromatic heterocycles. The van der Waals surface area contributed by atoms with Crippen LogP contribution < -0.4 is 5.56 Å². The molecule has 0 saturated carbocycles. The zero-order valence-electron chi connectivity index (χ0n) is 14.9. The Kier molecular flexibility index (Phi) is 4.84. The molecule has 4 aromatic rings. The summed E-state index contributed by atoms with van der Waals surface area (Å²) in [4.78, 5) is 18.5. The maximum atomic E-state index is 13.1. The predicted octanol–water partition coefficient (Wildman–Crippen LogP) is 4.21. The van der Waals surface area contributed by atoms with Crippen molar-refractivity contribution >= 4 is 33.4 Å². The molecule has 0 aliphatic heterocycles. The van der Waals surface area contributed by atoms with E-state index in [1.54, 1.807) is 30.3 Å². The Bertz CT molecular complexity index is 1250. The van der Waals surface area contributed by atoms with Crippen molar-refractivity contribution in [3.05, 3.63) is 64.7 Å². The van der Waals surface area contributed by atoms with Gasteiger partial charge in [-0.15, -0.1) is 11.6 Å². The molecule has 1 atom stereocenters. The number of aliphatic hydroxyl groups excluding tert-OH is 1. The zero-order valence-corrected chi connectivity index (χ0v) is 15.6. The van der Waals surface area contributed by atoms with Gasteiger partial charge in [0.1, 0.15) is 0 Å². The van der Waals surface area contributed by atoms with Gasteiger partial charge in [-0.1, -0.05) is 0 Å². The summed E-state index contributed by atoms with van der Waals surface area (Å²) >= 11 is 6.03. The molecule has 0 spiro atoms. The number of aliphatic hydroxyl groups is 1. The van der Waals surface area contributed by atoms with E-state index < -0.39 is 18.8 Å². The lowest BCUT2D eigenvalue weighted by molar-refractivity contribution is -0.207. The van der Waals surface area contributed by atoms with E-state index in [1.165, 1.54) is 23.0 Å². The monoisotopic (exact) mass is 421 g/mol. The van der Waals surface area contributed by atoms with Crippen LogP contribution in [0.15, 0.2) is 53.6 Å².